The van der Waals surface area contributed by atoms with Gasteiger partial charge in [0.15, 0.2) is 0 Å². The van der Waals surface area contributed by atoms with Gasteiger partial charge in [0.2, 0.25) is 6.41 Å². The van der Waals surface area contributed by atoms with E-state index in [1.165, 1.54) is 0 Å². The van der Waals surface area contributed by atoms with E-state index < -0.39 is 11.8 Å². The molecule has 21 heavy (non-hydrogen) atoms. The Bertz CT molecular complexity index is 499. The smallest absolute Gasteiger partial charge is 0.318 e. The van der Waals surface area contributed by atoms with Crippen molar-refractivity contribution in [3.05, 3.63) is 24.3 Å². The molecule has 3 amide bonds. The molecule has 0 spiro atoms. The van der Waals surface area contributed by atoms with Gasteiger partial charge in [-0.25, -0.2) is 0 Å². The van der Waals surface area contributed by atoms with Gasteiger partial charge in [-0.1, -0.05) is 0 Å². The quantitative estimate of drug-likeness (QED) is 0.569. The van der Waals surface area contributed by atoms with Gasteiger partial charge in [-0.05, 0) is 37.2 Å². The second-order valence-corrected chi connectivity index (χ2v) is 4.64. The average molecular weight is 292 g/mol. The van der Waals surface area contributed by atoms with Crippen molar-refractivity contribution in [1.82, 2.24) is 4.90 Å². The van der Waals surface area contributed by atoms with Gasteiger partial charge >= 0.3 is 11.8 Å². The van der Waals surface area contributed by atoms with Crippen LogP contribution >= 0.6 is 0 Å². The summed E-state index contributed by atoms with van der Waals surface area (Å²) in [7, 11) is 3.80. The molecule has 0 saturated carbocycles. The number of amides is 3. The van der Waals surface area contributed by atoms with Gasteiger partial charge in [0.25, 0.3) is 0 Å². The maximum Gasteiger partial charge on any atom is 0.318 e. The van der Waals surface area contributed by atoms with Gasteiger partial charge in [0.05, 0.1) is 0 Å². The zero-order valence-corrected chi connectivity index (χ0v) is 12.2. The molecule has 114 valence electrons. The predicted molar refractivity (Wildman–Crippen MR) is 80.8 cm³/mol. The van der Waals surface area contributed by atoms with Gasteiger partial charge in [-0.2, -0.15) is 0 Å². The van der Waals surface area contributed by atoms with Crippen LogP contribution in [-0.4, -0.2) is 50.3 Å². The monoisotopic (exact) mass is 292 g/mol. The summed E-state index contributed by atoms with van der Waals surface area (Å²) in [4.78, 5) is 37.1. The number of rotatable bonds is 6. The first-order chi connectivity index (χ1) is 9.99. The van der Waals surface area contributed by atoms with Crippen LogP contribution in [0.2, 0.25) is 0 Å². The lowest BCUT2D eigenvalue weighted by Gasteiger charge is -2.15. The lowest BCUT2D eigenvalue weighted by Crippen LogP contribution is -2.39. The van der Waals surface area contributed by atoms with Crippen molar-refractivity contribution in [2.24, 2.45) is 5.73 Å². The molecule has 0 aromatic heterocycles. The molecule has 0 atom stereocenters. The highest BCUT2D eigenvalue weighted by atomic mass is 16.2. The van der Waals surface area contributed by atoms with Gasteiger partial charge in [-0.15, -0.1) is 0 Å². The number of nitrogens with two attached hydrogens (primary N) is 1. The normalized spacial score (nSPS) is 9.86. The molecule has 0 saturated heterocycles. The van der Waals surface area contributed by atoms with E-state index in [-0.39, 0.29) is 6.54 Å². The van der Waals surface area contributed by atoms with Gasteiger partial charge in [-0.3, -0.25) is 19.3 Å². The van der Waals surface area contributed by atoms with E-state index in [1.54, 1.807) is 12.1 Å². The molecule has 0 bridgehead atoms. The van der Waals surface area contributed by atoms with Crippen LogP contribution in [0.15, 0.2) is 24.3 Å². The molecular weight excluding hydrogens is 272 g/mol. The van der Waals surface area contributed by atoms with E-state index in [4.69, 9.17) is 5.73 Å². The number of carbonyl (C=O) groups excluding carboxylic acids is 3. The lowest BCUT2D eigenvalue weighted by molar-refractivity contribution is -0.146. The molecular formula is C14H20N4O3. The van der Waals surface area contributed by atoms with Crippen molar-refractivity contribution >= 4 is 29.6 Å². The Balaban J connectivity index is 2.66. The Hall–Kier alpha value is -2.41. The van der Waals surface area contributed by atoms with Crippen molar-refractivity contribution in [3.8, 4) is 0 Å². The fourth-order valence-electron chi connectivity index (χ4n) is 1.62. The second-order valence-electron chi connectivity index (χ2n) is 4.64. The minimum atomic E-state index is -0.893. The maximum atomic E-state index is 11.8. The number of nitrogens with one attached hydrogen (secondary N) is 1. The number of hydrogen-bond acceptors (Lipinski definition) is 5. The molecule has 0 aliphatic carbocycles. The van der Waals surface area contributed by atoms with Gasteiger partial charge in [0, 0.05) is 32.0 Å². The van der Waals surface area contributed by atoms with E-state index in [0.717, 1.165) is 10.6 Å². The summed E-state index contributed by atoms with van der Waals surface area (Å²) < 4.78 is 0. The Morgan fingerprint density at radius 2 is 1.86 bits per heavy atom. The Morgan fingerprint density at radius 1 is 1.24 bits per heavy atom. The second kappa shape index (κ2) is 8.01. The molecule has 3 N–H and O–H groups in total. The highest BCUT2D eigenvalue weighted by Crippen LogP contribution is 2.15. The number of nitrogens with zero attached hydrogens (tertiary/aromatic N) is 2. The van der Waals surface area contributed by atoms with Crippen LogP contribution < -0.4 is 16.0 Å². The van der Waals surface area contributed by atoms with E-state index in [0.29, 0.717) is 25.1 Å². The standard InChI is InChI=1S/C14H20N4O3/c1-17(2)12-6-4-11(5-7-12)16-13(20)14(21)18(10-19)9-3-8-15/h4-7,10H,3,8-9,15H2,1-2H3,(H,16,20). The Labute approximate surface area is 123 Å². The van der Waals surface area contributed by atoms with Gasteiger partial charge < -0.3 is 16.0 Å². The molecule has 7 nitrogen and oxygen atoms in total. The predicted octanol–water partition coefficient (Wildman–Crippen LogP) is 0.0249. The largest absolute Gasteiger partial charge is 0.378 e. The van der Waals surface area contributed by atoms with Crippen molar-refractivity contribution < 1.29 is 14.4 Å². The minimum Gasteiger partial charge on any atom is -0.378 e. The first kappa shape index (κ1) is 16.6. The van der Waals surface area contributed by atoms with Crippen molar-refractivity contribution in [3.63, 3.8) is 0 Å². The fourth-order valence-corrected chi connectivity index (χ4v) is 1.62. The zero-order chi connectivity index (χ0) is 15.8. The number of imide groups is 1. The van der Waals surface area contributed by atoms with Crippen LogP contribution in [0.3, 0.4) is 0 Å². The summed E-state index contributed by atoms with van der Waals surface area (Å²) in [6, 6.07) is 7.00. The van der Waals surface area contributed by atoms with Crippen molar-refractivity contribution in [2.75, 3.05) is 37.4 Å². The Kier molecular flexibility index (Phi) is 6.35. The molecule has 0 fully saturated rings. The van der Waals surface area contributed by atoms with Crippen LogP contribution in [0.4, 0.5) is 11.4 Å². The van der Waals surface area contributed by atoms with Crippen molar-refractivity contribution in [1.29, 1.82) is 0 Å². The van der Waals surface area contributed by atoms with Gasteiger partial charge in [0.1, 0.15) is 0 Å². The molecule has 1 rings (SSSR count). The van der Waals surface area contributed by atoms with Crippen LogP contribution in [0.25, 0.3) is 0 Å². The lowest BCUT2D eigenvalue weighted by atomic mass is 10.2. The first-order valence-corrected chi connectivity index (χ1v) is 6.54. The summed E-state index contributed by atoms with van der Waals surface area (Å²) in [6.45, 7) is 0.469. The number of hydrogen-bond donors (Lipinski definition) is 2. The first-order valence-electron chi connectivity index (χ1n) is 6.54. The highest BCUT2D eigenvalue weighted by molar-refractivity contribution is 6.41. The number of anilines is 2. The van der Waals surface area contributed by atoms with Crippen LogP contribution in [0, 0.1) is 0 Å². The molecule has 0 unspecified atom stereocenters. The number of carbonyl (C=O) groups is 3. The van der Waals surface area contributed by atoms with E-state index in [9.17, 15) is 14.4 Å². The third-order valence-electron chi connectivity index (χ3n) is 2.83. The fraction of sp³-hybridized carbons (Fsp3) is 0.357. The topological polar surface area (TPSA) is 95.7 Å². The van der Waals surface area contributed by atoms with Crippen molar-refractivity contribution in [2.45, 2.75) is 6.42 Å². The molecule has 0 aliphatic rings. The molecule has 7 heteroatoms. The molecule has 1 aromatic carbocycles. The summed E-state index contributed by atoms with van der Waals surface area (Å²) in [5, 5.41) is 2.46. The maximum absolute atomic E-state index is 11.8. The van der Waals surface area contributed by atoms with E-state index in [1.807, 2.05) is 31.1 Å². The summed E-state index contributed by atoms with van der Waals surface area (Å²) >= 11 is 0. The minimum absolute atomic E-state index is 0.131. The van der Waals surface area contributed by atoms with E-state index >= 15 is 0 Å². The Morgan fingerprint density at radius 3 is 2.33 bits per heavy atom. The zero-order valence-electron chi connectivity index (χ0n) is 12.2. The average Bonchev–Trinajstić information content (AvgIpc) is 2.48. The third-order valence-corrected chi connectivity index (χ3v) is 2.83. The van der Waals surface area contributed by atoms with Crippen LogP contribution in [-0.2, 0) is 14.4 Å². The number of benzene rings is 1. The molecule has 1 aromatic rings. The van der Waals surface area contributed by atoms with Crippen LogP contribution in [0.5, 0.6) is 0 Å². The molecule has 0 heterocycles. The highest BCUT2D eigenvalue weighted by Gasteiger charge is 2.21. The van der Waals surface area contributed by atoms with E-state index in [2.05, 4.69) is 5.32 Å². The summed E-state index contributed by atoms with van der Waals surface area (Å²) in [5.74, 6) is -1.74. The van der Waals surface area contributed by atoms with Crippen LogP contribution in [0.1, 0.15) is 6.42 Å². The molecule has 0 aliphatic heterocycles. The SMILES string of the molecule is CN(C)c1ccc(NC(=O)C(=O)N(C=O)CCCN)cc1. The summed E-state index contributed by atoms with van der Waals surface area (Å²) in [5.41, 5.74) is 6.77. The summed E-state index contributed by atoms with van der Waals surface area (Å²) in [6.07, 6.45) is 0.794. The third kappa shape index (κ3) is 4.88. The molecule has 0 radical (unpaired) electrons.